The SMILES string of the molecule is CCCCN(CCCC)C(=O)C(C(=O)O)C(C)(C)C. The summed E-state index contributed by atoms with van der Waals surface area (Å²) >= 11 is 0. The highest BCUT2D eigenvalue weighted by Crippen LogP contribution is 2.28. The van der Waals surface area contributed by atoms with Crippen LogP contribution in [-0.2, 0) is 9.59 Å². The first-order chi connectivity index (χ1) is 8.75. The number of carboxylic acids is 1. The molecule has 1 N–H and O–H groups in total. The summed E-state index contributed by atoms with van der Waals surface area (Å²) in [6.45, 7) is 10.9. The van der Waals surface area contributed by atoms with Crippen molar-refractivity contribution in [3.8, 4) is 0 Å². The van der Waals surface area contributed by atoms with Crippen LogP contribution in [-0.4, -0.2) is 35.0 Å². The number of carboxylic acid groups (broad SMARTS) is 1. The van der Waals surface area contributed by atoms with E-state index >= 15 is 0 Å². The second-order valence-corrected chi connectivity index (χ2v) is 6.17. The summed E-state index contributed by atoms with van der Waals surface area (Å²) in [6.07, 6.45) is 3.85. The summed E-state index contributed by atoms with van der Waals surface area (Å²) in [5.41, 5.74) is -0.556. The molecule has 0 saturated carbocycles. The molecule has 0 rings (SSSR count). The van der Waals surface area contributed by atoms with E-state index in [0.29, 0.717) is 13.1 Å². The minimum Gasteiger partial charge on any atom is -0.481 e. The second kappa shape index (κ2) is 8.18. The second-order valence-electron chi connectivity index (χ2n) is 6.17. The normalized spacial score (nSPS) is 13.1. The van der Waals surface area contributed by atoms with Gasteiger partial charge in [-0.05, 0) is 18.3 Å². The Kier molecular flexibility index (Phi) is 7.72. The van der Waals surface area contributed by atoms with Crippen LogP contribution in [0.3, 0.4) is 0 Å². The van der Waals surface area contributed by atoms with Gasteiger partial charge in [0.05, 0.1) is 0 Å². The zero-order chi connectivity index (χ0) is 15.1. The molecule has 0 aliphatic rings. The van der Waals surface area contributed by atoms with Gasteiger partial charge in [0.1, 0.15) is 5.92 Å². The van der Waals surface area contributed by atoms with Crippen LogP contribution in [0.1, 0.15) is 60.3 Å². The van der Waals surface area contributed by atoms with Crippen molar-refractivity contribution in [2.75, 3.05) is 13.1 Å². The summed E-state index contributed by atoms with van der Waals surface area (Å²) in [5, 5.41) is 9.33. The van der Waals surface area contributed by atoms with Crippen molar-refractivity contribution in [2.45, 2.75) is 60.3 Å². The average molecular weight is 271 g/mol. The van der Waals surface area contributed by atoms with Gasteiger partial charge in [-0.2, -0.15) is 0 Å². The Labute approximate surface area is 117 Å². The number of hydrogen-bond donors (Lipinski definition) is 1. The fourth-order valence-electron chi connectivity index (χ4n) is 2.06. The van der Waals surface area contributed by atoms with Crippen LogP contribution >= 0.6 is 0 Å². The van der Waals surface area contributed by atoms with E-state index in [0.717, 1.165) is 25.7 Å². The van der Waals surface area contributed by atoms with Crippen molar-refractivity contribution in [1.29, 1.82) is 0 Å². The highest BCUT2D eigenvalue weighted by Gasteiger charge is 2.39. The maximum absolute atomic E-state index is 12.5. The van der Waals surface area contributed by atoms with Crippen LogP contribution in [0.15, 0.2) is 0 Å². The Morgan fingerprint density at radius 3 is 1.74 bits per heavy atom. The van der Waals surface area contributed by atoms with Gasteiger partial charge in [0.2, 0.25) is 5.91 Å². The van der Waals surface area contributed by atoms with Crippen molar-refractivity contribution in [3.63, 3.8) is 0 Å². The van der Waals surface area contributed by atoms with Crippen LogP contribution in [0.2, 0.25) is 0 Å². The minimum absolute atomic E-state index is 0.234. The lowest BCUT2D eigenvalue weighted by Crippen LogP contribution is -2.45. The Bertz CT molecular complexity index is 286. The molecule has 1 atom stereocenters. The molecule has 0 saturated heterocycles. The number of hydrogen-bond acceptors (Lipinski definition) is 2. The molecule has 0 aromatic rings. The number of carbonyl (C=O) groups is 2. The standard InChI is InChI=1S/C15H29NO3/c1-6-8-10-16(11-9-7-2)13(17)12(14(18)19)15(3,4)5/h12H,6-11H2,1-5H3,(H,18,19). The Balaban J connectivity index is 4.95. The first-order valence-corrected chi connectivity index (χ1v) is 7.27. The fraction of sp³-hybridized carbons (Fsp3) is 0.867. The van der Waals surface area contributed by atoms with Crippen molar-refractivity contribution in [3.05, 3.63) is 0 Å². The number of nitrogens with zero attached hydrogens (tertiary/aromatic N) is 1. The molecule has 1 amide bonds. The lowest BCUT2D eigenvalue weighted by atomic mass is 9.79. The molecule has 0 aliphatic carbocycles. The molecule has 112 valence electrons. The van der Waals surface area contributed by atoms with E-state index in [4.69, 9.17) is 0 Å². The van der Waals surface area contributed by atoms with Gasteiger partial charge in [0.15, 0.2) is 0 Å². The zero-order valence-corrected chi connectivity index (χ0v) is 13.0. The fourth-order valence-corrected chi connectivity index (χ4v) is 2.06. The summed E-state index contributed by atoms with van der Waals surface area (Å²) in [5.74, 6) is -2.21. The molecule has 19 heavy (non-hydrogen) atoms. The van der Waals surface area contributed by atoms with Crippen LogP contribution in [0, 0.1) is 11.3 Å². The van der Waals surface area contributed by atoms with E-state index in [1.165, 1.54) is 0 Å². The third-order valence-electron chi connectivity index (χ3n) is 3.23. The maximum atomic E-state index is 12.5. The van der Waals surface area contributed by atoms with E-state index < -0.39 is 17.3 Å². The van der Waals surface area contributed by atoms with Crippen LogP contribution < -0.4 is 0 Å². The molecular formula is C15H29NO3. The molecule has 0 aromatic heterocycles. The Morgan fingerprint density at radius 2 is 1.47 bits per heavy atom. The van der Waals surface area contributed by atoms with Crippen molar-refractivity contribution in [1.82, 2.24) is 4.90 Å². The highest BCUT2D eigenvalue weighted by atomic mass is 16.4. The van der Waals surface area contributed by atoms with Gasteiger partial charge >= 0.3 is 5.97 Å². The van der Waals surface area contributed by atoms with Gasteiger partial charge in [-0.1, -0.05) is 47.5 Å². The largest absolute Gasteiger partial charge is 0.481 e. The number of unbranched alkanes of at least 4 members (excludes halogenated alkanes) is 2. The predicted molar refractivity (Wildman–Crippen MR) is 77.0 cm³/mol. The summed E-state index contributed by atoms with van der Waals surface area (Å²) in [4.78, 5) is 25.6. The van der Waals surface area contributed by atoms with Crippen LogP contribution in [0.25, 0.3) is 0 Å². The summed E-state index contributed by atoms with van der Waals surface area (Å²) < 4.78 is 0. The lowest BCUT2D eigenvalue weighted by molar-refractivity contribution is -0.156. The van der Waals surface area contributed by atoms with Gasteiger partial charge in [0, 0.05) is 13.1 Å². The van der Waals surface area contributed by atoms with Crippen molar-refractivity contribution in [2.24, 2.45) is 11.3 Å². The molecule has 4 heteroatoms. The quantitative estimate of drug-likeness (QED) is 0.690. The number of amides is 1. The number of rotatable bonds is 8. The Hall–Kier alpha value is -1.06. The molecule has 0 aliphatic heterocycles. The number of aliphatic carboxylic acids is 1. The van der Waals surface area contributed by atoms with Crippen molar-refractivity contribution < 1.29 is 14.7 Å². The number of carbonyl (C=O) groups excluding carboxylic acids is 1. The molecule has 0 bridgehead atoms. The van der Waals surface area contributed by atoms with E-state index in [1.54, 1.807) is 4.90 Å². The lowest BCUT2D eigenvalue weighted by Gasteiger charge is -2.32. The molecule has 0 spiro atoms. The topological polar surface area (TPSA) is 57.6 Å². The molecule has 1 unspecified atom stereocenters. The molecule has 0 heterocycles. The third kappa shape index (κ3) is 6.08. The predicted octanol–water partition coefficient (Wildman–Crippen LogP) is 3.16. The van der Waals surface area contributed by atoms with Gasteiger partial charge < -0.3 is 10.0 Å². The monoisotopic (exact) mass is 271 g/mol. The van der Waals surface area contributed by atoms with E-state index in [1.807, 2.05) is 20.8 Å². The summed E-state index contributed by atoms with van der Waals surface area (Å²) in [6, 6.07) is 0. The van der Waals surface area contributed by atoms with Crippen LogP contribution in [0.5, 0.6) is 0 Å². The first-order valence-electron chi connectivity index (χ1n) is 7.27. The minimum atomic E-state index is -1.02. The van der Waals surface area contributed by atoms with E-state index in [9.17, 15) is 14.7 Å². The van der Waals surface area contributed by atoms with Gasteiger partial charge in [-0.15, -0.1) is 0 Å². The van der Waals surface area contributed by atoms with Gasteiger partial charge in [-0.3, -0.25) is 9.59 Å². The highest BCUT2D eigenvalue weighted by molar-refractivity contribution is 5.97. The van der Waals surface area contributed by atoms with Gasteiger partial charge in [0.25, 0.3) is 0 Å². The first kappa shape index (κ1) is 17.9. The Morgan fingerprint density at radius 1 is 1.05 bits per heavy atom. The van der Waals surface area contributed by atoms with E-state index in [-0.39, 0.29) is 5.91 Å². The van der Waals surface area contributed by atoms with Crippen molar-refractivity contribution >= 4 is 11.9 Å². The molecule has 0 radical (unpaired) electrons. The van der Waals surface area contributed by atoms with Crippen LogP contribution in [0.4, 0.5) is 0 Å². The third-order valence-corrected chi connectivity index (χ3v) is 3.23. The van der Waals surface area contributed by atoms with E-state index in [2.05, 4.69) is 13.8 Å². The molecular weight excluding hydrogens is 242 g/mol. The summed E-state index contributed by atoms with van der Waals surface area (Å²) in [7, 11) is 0. The molecule has 4 nitrogen and oxygen atoms in total. The maximum Gasteiger partial charge on any atom is 0.316 e. The molecule has 0 fully saturated rings. The smallest absolute Gasteiger partial charge is 0.316 e. The zero-order valence-electron chi connectivity index (χ0n) is 13.0. The van der Waals surface area contributed by atoms with Gasteiger partial charge in [-0.25, -0.2) is 0 Å². The molecule has 0 aromatic carbocycles. The average Bonchev–Trinajstić information content (AvgIpc) is 2.26.